The van der Waals surface area contributed by atoms with Crippen LogP contribution in [0.2, 0.25) is 0 Å². The van der Waals surface area contributed by atoms with Crippen molar-refractivity contribution in [2.24, 2.45) is 0 Å². The third kappa shape index (κ3) is 1.08. The molecule has 80 valence electrons. The van der Waals surface area contributed by atoms with Gasteiger partial charge in [0.15, 0.2) is 5.65 Å². The zero-order valence-electron chi connectivity index (χ0n) is 8.79. The van der Waals surface area contributed by atoms with E-state index in [1.165, 1.54) is 0 Å². The summed E-state index contributed by atoms with van der Waals surface area (Å²) >= 11 is 0. The fraction of sp³-hybridized carbons (Fsp3) is 0.182. The van der Waals surface area contributed by atoms with Gasteiger partial charge in [0.2, 0.25) is 0 Å². The summed E-state index contributed by atoms with van der Waals surface area (Å²) in [4.78, 5) is 16.2. The van der Waals surface area contributed by atoms with E-state index in [1.54, 1.807) is 27.7 Å². The molecule has 0 aliphatic carbocycles. The first-order valence-corrected chi connectivity index (χ1v) is 5.13. The molecule has 0 aromatic carbocycles. The molecule has 0 saturated heterocycles. The Morgan fingerprint density at radius 2 is 2.25 bits per heavy atom. The minimum atomic E-state index is -0.0232. The second-order valence-electron chi connectivity index (χ2n) is 3.57. The van der Waals surface area contributed by atoms with Gasteiger partial charge in [-0.05, 0) is 13.0 Å². The van der Waals surface area contributed by atoms with E-state index in [4.69, 9.17) is 0 Å². The van der Waals surface area contributed by atoms with E-state index >= 15 is 0 Å². The van der Waals surface area contributed by atoms with Crippen molar-refractivity contribution in [3.05, 3.63) is 41.1 Å². The van der Waals surface area contributed by atoms with Crippen LogP contribution >= 0.6 is 0 Å². The zero-order chi connectivity index (χ0) is 11.1. The van der Waals surface area contributed by atoms with Crippen molar-refractivity contribution in [1.29, 1.82) is 0 Å². The summed E-state index contributed by atoms with van der Waals surface area (Å²) in [7, 11) is 0. The van der Waals surface area contributed by atoms with Crippen LogP contribution in [-0.2, 0) is 6.54 Å². The summed E-state index contributed by atoms with van der Waals surface area (Å²) in [5.41, 5.74) is 1.52. The Kier molecular flexibility index (Phi) is 1.80. The minimum Gasteiger partial charge on any atom is -0.315 e. The van der Waals surface area contributed by atoms with Crippen LogP contribution in [0.5, 0.6) is 0 Å². The number of aromatic nitrogens is 4. The molecule has 5 heteroatoms. The predicted molar refractivity (Wildman–Crippen MR) is 60.4 cm³/mol. The Bertz CT molecular complexity index is 726. The maximum atomic E-state index is 12.0. The lowest BCUT2D eigenvalue weighted by atomic mass is 10.3. The molecule has 0 radical (unpaired) electrons. The van der Waals surface area contributed by atoms with Gasteiger partial charge in [0.1, 0.15) is 0 Å². The Hall–Kier alpha value is -2.17. The monoisotopic (exact) mass is 214 g/mol. The molecule has 3 aromatic rings. The van der Waals surface area contributed by atoms with Gasteiger partial charge in [-0.1, -0.05) is 0 Å². The first-order chi connectivity index (χ1) is 7.81. The van der Waals surface area contributed by atoms with Crippen LogP contribution in [-0.4, -0.2) is 19.2 Å². The minimum absolute atomic E-state index is 0.0232. The molecule has 0 N–H and O–H groups in total. The van der Waals surface area contributed by atoms with Crippen LogP contribution < -0.4 is 5.56 Å². The van der Waals surface area contributed by atoms with Crippen molar-refractivity contribution in [3.8, 4) is 0 Å². The highest BCUT2D eigenvalue weighted by atomic mass is 16.1. The van der Waals surface area contributed by atoms with Gasteiger partial charge in [-0.3, -0.25) is 4.79 Å². The molecule has 3 rings (SSSR count). The smallest absolute Gasteiger partial charge is 0.261 e. The van der Waals surface area contributed by atoms with Crippen molar-refractivity contribution < 1.29 is 0 Å². The molecule has 0 amide bonds. The van der Waals surface area contributed by atoms with Gasteiger partial charge in [-0.15, -0.1) is 0 Å². The Labute approximate surface area is 91.0 Å². The largest absolute Gasteiger partial charge is 0.315 e. The number of pyridine rings is 1. The van der Waals surface area contributed by atoms with Crippen molar-refractivity contribution in [2.75, 3.05) is 0 Å². The van der Waals surface area contributed by atoms with E-state index < -0.39 is 0 Å². The third-order valence-corrected chi connectivity index (χ3v) is 2.70. The average Bonchev–Trinajstić information content (AvgIpc) is 2.77. The molecule has 0 fully saturated rings. The fourth-order valence-electron chi connectivity index (χ4n) is 1.85. The maximum Gasteiger partial charge on any atom is 0.261 e. The molecule has 0 spiro atoms. The van der Waals surface area contributed by atoms with E-state index in [-0.39, 0.29) is 5.56 Å². The van der Waals surface area contributed by atoms with Crippen molar-refractivity contribution in [3.63, 3.8) is 0 Å². The van der Waals surface area contributed by atoms with Gasteiger partial charge in [0, 0.05) is 25.0 Å². The normalized spacial score (nSPS) is 11.3. The average molecular weight is 214 g/mol. The summed E-state index contributed by atoms with van der Waals surface area (Å²) in [6.07, 6.45) is 5.07. The molecule has 0 aliphatic rings. The quantitative estimate of drug-likeness (QED) is 0.608. The summed E-state index contributed by atoms with van der Waals surface area (Å²) in [6, 6.07) is 3.70. The number of nitrogens with zero attached hydrogens (tertiary/aromatic N) is 4. The zero-order valence-corrected chi connectivity index (χ0v) is 8.79. The Morgan fingerprint density at radius 3 is 3.06 bits per heavy atom. The Balaban J connectivity index is 2.55. The van der Waals surface area contributed by atoms with E-state index in [2.05, 4.69) is 10.1 Å². The van der Waals surface area contributed by atoms with Crippen LogP contribution in [0.15, 0.2) is 35.5 Å². The molecule has 0 saturated carbocycles. The van der Waals surface area contributed by atoms with Gasteiger partial charge in [0.05, 0.1) is 17.1 Å². The first-order valence-electron chi connectivity index (χ1n) is 5.13. The summed E-state index contributed by atoms with van der Waals surface area (Å²) in [6.45, 7) is 2.60. The molecule has 0 bridgehead atoms. The van der Waals surface area contributed by atoms with E-state index in [9.17, 15) is 4.79 Å². The fourth-order valence-corrected chi connectivity index (χ4v) is 1.85. The second-order valence-corrected chi connectivity index (χ2v) is 3.57. The number of hydrogen-bond acceptors (Lipinski definition) is 3. The van der Waals surface area contributed by atoms with Crippen LogP contribution in [0.25, 0.3) is 16.6 Å². The van der Waals surface area contributed by atoms with Crippen molar-refractivity contribution >= 4 is 16.6 Å². The molecular formula is C11H10N4O. The summed E-state index contributed by atoms with van der Waals surface area (Å²) in [5.74, 6) is 0. The summed E-state index contributed by atoms with van der Waals surface area (Å²) < 4.78 is 3.33. The van der Waals surface area contributed by atoms with Crippen LogP contribution in [0.1, 0.15) is 6.92 Å². The van der Waals surface area contributed by atoms with E-state index in [0.29, 0.717) is 11.9 Å². The van der Waals surface area contributed by atoms with Crippen LogP contribution in [0.4, 0.5) is 0 Å². The van der Waals surface area contributed by atoms with Gasteiger partial charge in [-0.25, -0.2) is 9.50 Å². The standard InChI is InChI=1S/C11H10N4O/c1-2-14-6-4-9-8(11(14)16)7-12-10-3-5-13-15(9)10/h3-7H,2H2,1H3. The number of rotatable bonds is 1. The predicted octanol–water partition coefficient (Wildman–Crippen LogP) is 1.06. The number of aryl methyl sites for hydroxylation is 1. The number of fused-ring (bicyclic) bond motifs is 3. The molecule has 0 unspecified atom stereocenters. The highest BCUT2D eigenvalue weighted by Gasteiger charge is 2.06. The molecule has 3 aromatic heterocycles. The Morgan fingerprint density at radius 1 is 1.38 bits per heavy atom. The molecule has 16 heavy (non-hydrogen) atoms. The van der Waals surface area contributed by atoms with E-state index in [1.807, 2.05) is 19.1 Å². The highest BCUT2D eigenvalue weighted by molar-refractivity contribution is 5.78. The molecular weight excluding hydrogens is 204 g/mol. The van der Waals surface area contributed by atoms with Crippen molar-refractivity contribution in [1.82, 2.24) is 19.2 Å². The second kappa shape index (κ2) is 3.16. The number of hydrogen-bond donors (Lipinski definition) is 0. The first kappa shape index (κ1) is 9.08. The van der Waals surface area contributed by atoms with Gasteiger partial charge in [-0.2, -0.15) is 5.10 Å². The lowest BCUT2D eigenvalue weighted by Crippen LogP contribution is -2.19. The lowest BCUT2D eigenvalue weighted by Gasteiger charge is -2.04. The van der Waals surface area contributed by atoms with Crippen LogP contribution in [0.3, 0.4) is 0 Å². The summed E-state index contributed by atoms with van der Waals surface area (Å²) in [5, 5.41) is 4.75. The topological polar surface area (TPSA) is 52.2 Å². The molecule has 5 nitrogen and oxygen atoms in total. The molecule has 0 atom stereocenters. The maximum absolute atomic E-state index is 12.0. The molecule has 0 aliphatic heterocycles. The van der Waals surface area contributed by atoms with Crippen LogP contribution in [0, 0.1) is 0 Å². The van der Waals surface area contributed by atoms with Gasteiger partial charge in [0.25, 0.3) is 5.56 Å². The SMILES string of the molecule is CCn1ccc2c(cnc3ccnn32)c1=O. The van der Waals surface area contributed by atoms with E-state index in [0.717, 1.165) is 11.2 Å². The van der Waals surface area contributed by atoms with Crippen molar-refractivity contribution in [2.45, 2.75) is 13.5 Å². The lowest BCUT2D eigenvalue weighted by molar-refractivity contribution is 0.733. The highest BCUT2D eigenvalue weighted by Crippen LogP contribution is 2.09. The van der Waals surface area contributed by atoms with Gasteiger partial charge >= 0.3 is 0 Å². The molecule has 3 heterocycles. The third-order valence-electron chi connectivity index (χ3n) is 2.70. The van der Waals surface area contributed by atoms with Gasteiger partial charge < -0.3 is 4.57 Å².